The zero-order chi connectivity index (χ0) is 43.2. The number of aliphatic hydroxyl groups excluding tert-OH is 11. The lowest BCUT2D eigenvalue weighted by molar-refractivity contribution is -0.387. The van der Waals surface area contributed by atoms with Gasteiger partial charge in [0.1, 0.15) is 104 Å². The third-order valence-electron chi connectivity index (χ3n) is 11.3. The molecular formula is C34H56N2O23. The van der Waals surface area contributed by atoms with E-state index >= 15 is 0 Å². The Balaban J connectivity index is 1.48. The van der Waals surface area contributed by atoms with Crippen molar-refractivity contribution in [3.05, 3.63) is 0 Å². The van der Waals surface area contributed by atoms with E-state index in [-0.39, 0.29) is 0 Å². The molecule has 7 aliphatic rings. The van der Waals surface area contributed by atoms with Gasteiger partial charge in [0.15, 0.2) is 31.5 Å². The number of nitrogens with one attached hydrogen (secondary N) is 2. The number of hydrogen-bond donors (Lipinski definition) is 13. The van der Waals surface area contributed by atoms with Crippen molar-refractivity contribution >= 4 is 11.8 Å². The zero-order valence-corrected chi connectivity index (χ0v) is 32.4. The van der Waals surface area contributed by atoms with Gasteiger partial charge in [0.05, 0.1) is 38.1 Å². The molecule has 2 amide bonds. The van der Waals surface area contributed by atoms with Crippen LogP contribution in [-0.2, 0) is 57.0 Å². The molecule has 7 fully saturated rings. The molecule has 25 nitrogen and oxygen atoms in total. The van der Waals surface area contributed by atoms with Gasteiger partial charge in [-0.3, -0.25) is 9.59 Å². The SMILES string of the molecule is CC(=O)N[C@@H]1[C@@H](O)[C@@H]2O[C@H]3[C@@H](O)[C@@H](C)O[C@H](O[C@H]4[C@@H](O)[C@@H](CO)O[C@@H](O[C@@H]5[C@@H](NC(C)=O)[C@@H](O[C@@H]1[C@@H](C)O2)O[C@H](CO)[C@@H]5O[C@H]1O[C@H](CO)[C@@H](O)[C@H](O)[C@H]1O)[C@@H]4O)[C@@H]3O. The number of rotatable bonds is 7. The number of aliphatic hydroxyl groups is 11. The highest BCUT2D eigenvalue weighted by Crippen LogP contribution is 2.38. The first-order valence-corrected chi connectivity index (χ1v) is 19.3. The van der Waals surface area contributed by atoms with Gasteiger partial charge in [-0.15, -0.1) is 0 Å². The fraction of sp³-hybridized carbons (Fsp3) is 0.941. The van der Waals surface area contributed by atoms with Crippen molar-refractivity contribution in [2.75, 3.05) is 19.8 Å². The quantitative estimate of drug-likeness (QED) is 0.113. The van der Waals surface area contributed by atoms with Gasteiger partial charge in [-0.05, 0) is 13.8 Å². The Bertz CT molecular complexity index is 1420. The molecule has 0 aromatic rings. The van der Waals surface area contributed by atoms with E-state index in [1.54, 1.807) is 0 Å². The second kappa shape index (κ2) is 19.2. The van der Waals surface area contributed by atoms with Gasteiger partial charge in [-0.25, -0.2) is 0 Å². The highest BCUT2D eigenvalue weighted by Gasteiger charge is 2.59. The average Bonchev–Trinajstić information content (AvgIpc) is 3.18. The minimum Gasteiger partial charge on any atom is -0.394 e. The standard InChI is InChI=1S/C34H56N2O23/c1-8-17(42)28-23(48)33(50-8)59-29-19(44)13(6-38)53-34(24(29)49)57-27-16(36-11(4)41)30(55-25-9(2)51-31(58-28)20(45)15(25)35-10(3)40)54-14(7-39)26(27)56-32-22(47)21(46)18(43)12(5-37)52-32/h8-9,12-34,37-39,42-49H,5-7H2,1-4H3,(H,35,40)(H,36,41)/t8-,9-,12-,13-,14-,15-,16-,17+,18-,19+,20-,21+,22-,23-,24-,25-,26+,27-,28+,29+,30-,31+,32-,33-,34+/m1/s1. The first kappa shape index (κ1) is 46.6. The van der Waals surface area contributed by atoms with Crippen LogP contribution in [0.25, 0.3) is 0 Å². The van der Waals surface area contributed by atoms with Gasteiger partial charge in [0, 0.05) is 13.8 Å². The van der Waals surface area contributed by atoms with E-state index in [4.69, 9.17) is 47.4 Å². The first-order chi connectivity index (χ1) is 27.9. The summed E-state index contributed by atoms with van der Waals surface area (Å²) < 4.78 is 59.9. The van der Waals surface area contributed by atoms with Crippen molar-refractivity contribution in [2.24, 2.45) is 0 Å². The second-order valence-corrected chi connectivity index (χ2v) is 15.5. The number of amides is 2. The fourth-order valence-corrected chi connectivity index (χ4v) is 8.17. The molecule has 0 saturated carbocycles. The summed E-state index contributed by atoms with van der Waals surface area (Å²) in [5, 5.41) is 125. The van der Waals surface area contributed by atoms with E-state index in [2.05, 4.69) is 10.6 Å². The van der Waals surface area contributed by atoms with Crippen LogP contribution in [0, 0.1) is 0 Å². The van der Waals surface area contributed by atoms with Crippen molar-refractivity contribution in [3.8, 4) is 0 Å². The molecule has 25 heteroatoms. The van der Waals surface area contributed by atoms with E-state index in [1.807, 2.05) is 0 Å². The molecule has 0 unspecified atom stereocenters. The van der Waals surface area contributed by atoms with Crippen LogP contribution in [0.4, 0.5) is 0 Å². The lowest BCUT2D eigenvalue weighted by Crippen LogP contribution is -2.71. The number of fused-ring (bicyclic) bond motifs is 2. The van der Waals surface area contributed by atoms with Gasteiger partial charge < -0.3 is 114 Å². The molecule has 0 aromatic carbocycles. The predicted molar refractivity (Wildman–Crippen MR) is 184 cm³/mol. The molecule has 7 heterocycles. The highest BCUT2D eigenvalue weighted by atomic mass is 16.8. The summed E-state index contributed by atoms with van der Waals surface area (Å²) >= 11 is 0. The number of ether oxygens (including phenoxy) is 10. The topological polar surface area (TPSA) is 373 Å². The van der Waals surface area contributed by atoms with Crippen molar-refractivity contribution in [1.29, 1.82) is 0 Å². The number of hydrogen-bond acceptors (Lipinski definition) is 23. The summed E-state index contributed by atoms with van der Waals surface area (Å²) in [6.07, 6.45) is -39.3. The molecule has 0 aromatic heterocycles. The number of carbonyl (C=O) groups excluding carboxylic acids is 2. The number of carbonyl (C=O) groups is 2. The van der Waals surface area contributed by atoms with Crippen LogP contribution < -0.4 is 10.6 Å². The minimum absolute atomic E-state index is 0.657. The summed E-state index contributed by atoms with van der Waals surface area (Å²) in [7, 11) is 0. The molecule has 59 heavy (non-hydrogen) atoms. The molecule has 13 N–H and O–H groups in total. The molecule has 340 valence electrons. The van der Waals surface area contributed by atoms with Crippen LogP contribution in [0.5, 0.6) is 0 Å². The summed E-state index contributed by atoms with van der Waals surface area (Å²) in [6.45, 7) is 2.42. The van der Waals surface area contributed by atoms with Crippen molar-refractivity contribution in [1.82, 2.24) is 10.6 Å². The molecule has 0 radical (unpaired) electrons. The highest BCUT2D eigenvalue weighted by molar-refractivity contribution is 5.73. The van der Waals surface area contributed by atoms with Gasteiger partial charge in [-0.1, -0.05) is 0 Å². The van der Waals surface area contributed by atoms with Crippen LogP contribution in [0.1, 0.15) is 27.7 Å². The molecular weight excluding hydrogens is 804 g/mol. The maximum atomic E-state index is 12.9. The fourth-order valence-electron chi connectivity index (χ4n) is 8.17. The molecule has 7 aliphatic heterocycles. The maximum Gasteiger partial charge on any atom is 0.217 e. The van der Waals surface area contributed by atoms with Crippen LogP contribution in [-0.4, -0.2) is 241 Å². The van der Waals surface area contributed by atoms with Crippen molar-refractivity contribution in [2.45, 2.75) is 181 Å². The molecule has 0 spiro atoms. The van der Waals surface area contributed by atoms with Gasteiger partial charge in [0.25, 0.3) is 0 Å². The Labute approximate surface area is 336 Å². The molecule has 0 aliphatic carbocycles. The average molecular weight is 861 g/mol. The first-order valence-electron chi connectivity index (χ1n) is 19.3. The van der Waals surface area contributed by atoms with Crippen LogP contribution >= 0.6 is 0 Å². The Kier molecular flexibility index (Phi) is 15.2. The van der Waals surface area contributed by atoms with Gasteiger partial charge >= 0.3 is 0 Å². The molecule has 8 bridgehead atoms. The molecule has 7 saturated heterocycles. The summed E-state index contributed by atoms with van der Waals surface area (Å²) in [6, 6.07) is -3.01. The monoisotopic (exact) mass is 860 g/mol. The lowest BCUT2D eigenvalue weighted by atomic mass is 9.93. The van der Waals surface area contributed by atoms with Gasteiger partial charge in [0.2, 0.25) is 11.8 Å². The second-order valence-electron chi connectivity index (χ2n) is 15.5. The third-order valence-corrected chi connectivity index (χ3v) is 11.3. The third kappa shape index (κ3) is 9.41. The lowest BCUT2D eigenvalue weighted by Gasteiger charge is -2.52. The zero-order valence-electron chi connectivity index (χ0n) is 32.4. The van der Waals surface area contributed by atoms with E-state index < -0.39 is 185 Å². The van der Waals surface area contributed by atoms with E-state index in [0.717, 1.165) is 13.8 Å². The Morgan fingerprint density at radius 3 is 1.53 bits per heavy atom. The van der Waals surface area contributed by atoms with Crippen LogP contribution in [0.3, 0.4) is 0 Å². The van der Waals surface area contributed by atoms with Crippen molar-refractivity contribution in [3.63, 3.8) is 0 Å². The summed E-state index contributed by atoms with van der Waals surface area (Å²) in [4.78, 5) is 25.5. The summed E-state index contributed by atoms with van der Waals surface area (Å²) in [5.74, 6) is -1.41. The van der Waals surface area contributed by atoms with Crippen LogP contribution in [0.2, 0.25) is 0 Å². The Hall–Kier alpha value is -1.90. The van der Waals surface area contributed by atoms with Crippen molar-refractivity contribution < 1.29 is 113 Å². The normalized spacial score (nSPS) is 51.9. The van der Waals surface area contributed by atoms with E-state index in [9.17, 15) is 65.8 Å². The summed E-state index contributed by atoms with van der Waals surface area (Å²) in [5.41, 5.74) is 0. The largest absolute Gasteiger partial charge is 0.394 e. The minimum atomic E-state index is -2.05. The van der Waals surface area contributed by atoms with E-state index in [0.29, 0.717) is 0 Å². The predicted octanol–water partition coefficient (Wildman–Crippen LogP) is -8.54. The maximum absolute atomic E-state index is 12.9. The smallest absolute Gasteiger partial charge is 0.217 e. The van der Waals surface area contributed by atoms with E-state index in [1.165, 1.54) is 13.8 Å². The Morgan fingerprint density at radius 2 is 0.932 bits per heavy atom. The molecule has 25 atom stereocenters. The Morgan fingerprint density at radius 1 is 0.458 bits per heavy atom. The molecule has 7 rings (SSSR count). The van der Waals surface area contributed by atoms with Gasteiger partial charge in [-0.2, -0.15) is 0 Å². The van der Waals surface area contributed by atoms with Crippen LogP contribution in [0.15, 0.2) is 0 Å².